The van der Waals surface area contributed by atoms with Gasteiger partial charge < -0.3 is 0 Å². The van der Waals surface area contributed by atoms with E-state index in [1.54, 1.807) is 5.57 Å². The van der Waals surface area contributed by atoms with Crippen molar-refractivity contribution < 1.29 is 0 Å². The fraction of sp³-hybridized carbons (Fsp3) is 0.586. The minimum Gasteiger partial charge on any atom is -0.240 e. The Hall–Kier alpha value is -1.50. The van der Waals surface area contributed by atoms with Crippen molar-refractivity contribution in [3.8, 4) is 0 Å². The zero-order valence-electron chi connectivity index (χ0n) is 21.2. The molecule has 4 fully saturated rings. The molecule has 5 aliphatic carbocycles. The number of aromatic nitrogens is 4. The monoisotopic (exact) mass is 504 g/mol. The molecule has 2 aromatic rings. The van der Waals surface area contributed by atoms with Crippen molar-refractivity contribution in [3.05, 3.63) is 71.4 Å². The van der Waals surface area contributed by atoms with Gasteiger partial charge in [0.2, 0.25) is 0 Å². The van der Waals surface area contributed by atoms with Gasteiger partial charge in [-0.05, 0) is 102 Å². The van der Waals surface area contributed by atoms with Gasteiger partial charge in [0.25, 0.3) is 0 Å². The van der Waals surface area contributed by atoms with Crippen LogP contribution in [0.4, 0.5) is 0 Å². The van der Waals surface area contributed by atoms with E-state index in [1.807, 2.05) is 36.9 Å². The van der Waals surface area contributed by atoms with E-state index in [9.17, 15) is 0 Å². The molecule has 0 saturated heterocycles. The highest BCUT2D eigenvalue weighted by molar-refractivity contribution is 7.19. The van der Waals surface area contributed by atoms with Crippen LogP contribution in [0.1, 0.15) is 70.9 Å². The topological polar surface area (TPSA) is 51.6 Å². The predicted octanol–water partition coefficient (Wildman–Crippen LogP) is 6.38. The molecule has 0 amide bonds. The van der Waals surface area contributed by atoms with E-state index in [0.717, 1.165) is 41.7 Å². The molecule has 5 aliphatic rings. The molecule has 2 heterocycles. The molecule has 2 aromatic heterocycles. The lowest BCUT2D eigenvalue weighted by molar-refractivity contribution is -0.0764. The van der Waals surface area contributed by atoms with Gasteiger partial charge in [-0.3, -0.25) is 0 Å². The molecule has 0 aliphatic heterocycles. The maximum atomic E-state index is 4.81. The zero-order chi connectivity index (χ0) is 24.4. The third-order valence-corrected chi connectivity index (χ3v) is 11.0. The van der Waals surface area contributed by atoms with Crippen LogP contribution in [0.2, 0.25) is 0 Å². The molecule has 0 aromatic carbocycles. The lowest BCUT2D eigenvalue weighted by Crippen LogP contribution is -2.54. The van der Waals surface area contributed by atoms with E-state index in [-0.39, 0.29) is 10.8 Å². The number of rotatable bonds is 5. The Labute approximate surface area is 214 Å². The third-order valence-electron chi connectivity index (χ3n) is 9.60. The Morgan fingerprint density at radius 2 is 1.43 bits per heavy atom. The Morgan fingerprint density at radius 1 is 0.886 bits per heavy atom. The molecule has 0 N–H and O–H groups in total. The van der Waals surface area contributed by atoms with Crippen molar-refractivity contribution >= 4 is 18.5 Å². The first-order valence-electron chi connectivity index (χ1n) is 13.2. The average molecular weight is 505 g/mol. The second kappa shape index (κ2) is 8.53. The van der Waals surface area contributed by atoms with Gasteiger partial charge in [-0.1, -0.05) is 32.4 Å². The summed E-state index contributed by atoms with van der Waals surface area (Å²) in [5.41, 5.74) is 4.84. The van der Waals surface area contributed by atoms with E-state index in [1.165, 1.54) is 49.4 Å². The molecule has 0 radical (unpaired) electrons. The largest absolute Gasteiger partial charge is 0.240 e. The van der Waals surface area contributed by atoms with Crippen molar-refractivity contribution in [2.75, 3.05) is 6.16 Å². The first-order valence-corrected chi connectivity index (χ1v) is 14.6. The Balaban J connectivity index is 1.61. The lowest BCUT2D eigenvalue weighted by atomic mass is 9.43. The van der Waals surface area contributed by atoms with Gasteiger partial charge in [0, 0.05) is 24.8 Å². The van der Waals surface area contributed by atoms with Crippen LogP contribution < -0.4 is 0 Å². The molecule has 4 bridgehead atoms. The van der Waals surface area contributed by atoms with Crippen LogP contribution in [0.25, 0.3) is 0 Å². The second-order valence-electron chi connectivity index (χ2n) is 12.5. The highest BCUT2D eigenvalue weighted by Crippen LogP contribution is 2.68. The van der Waals surface area contributed by atoms with Gasteiger partial charge in [0.05, 0.1) is 0 Å². The lowest BCUT2D eigenvalue weighted by Gasteiger charge is -2.62. The number of hydrogen-bond acceptors (Lipinski definition) is 4. The fourth-order valence-electron chi connectivity index (χ4n) is 8.23. The predicted molar refractivity (Wildman–Crippen MR) is 148 cm³/mol. The summed E-state index contributed by atoms with van der Waals surface area (Å²) in [6, 6.07) is 3.79. The van der Waals surface area contributed by atoms with Gasteiger partial charge >= 0.3 is 0 Å². The summed E-state index contributed by atoms with van der Waals surface area (Å²) in [4.78, 5) is 19.2. The summed E-state index contributed by atoms with van der Waals surface area (Å²) in [7, 11) is 6.28. The highest BCUT2D eigenvalue weighted by Gasteiger charge is 2.59. The number of nitrogens with zero attached hydrogens (tertiary/aromatic N) is 4. The first kappa shape index (κ1) is 23.9. The molecule has 4 saturated carbocycles. The van der Waals surface area contributed by atoms with Gasteiger partial charge in [0.15, 0.2) is 0 Å². The minimum atomic E-state index is -0.643. The normalized spacial score (nSPS) is 32.3. The molecule has 184 valence electrons. The summed E-state index contributed by atoms with van der Waals surface area (Å²) >= 11 is 0. The maximum absolute atomic E-state index is 4.81. The second-order valence-corrected chi connectivity index (χ2v) is 13.9. The SMILES string of the molecule is CC(C)(C)C1=CC(C23CC4CC(CC(C4)C2CP)C3)=C(C(P)(c2ncccn2)c2ncccn2)C1. The van der Waals surface area contributed by atoms with Crippen LogP contribution >= 0.6 is 18.5 Å². The van der Waals surface area contributed by atoms with E-state index in [2.05, 4.69) is 45.3 Å². The number of hydrogen-bond donors (Lipinski definition) is 0. The number of allylic oxidation sites excluding steroid dienone is 4. The quantitative estimate of drug-likeness (QED) is 0.444. The van der Waals surface area contributed by atoms with Crippen molar-refractivity contribution in [2.45, 2.75) is 64.5 Å². The molecular formula is C29H38N4P2. The van der Waals surface area contributed by atoms with Crippen LogP contribution in [-0.4, -0.2) is 26.1 Å². The standard InChI is InChI=1S/C29H38N4P2/c1-27(2,3)21-13-22(28-15-18-10-19(16-28)12-20(11-18)24(28)17-34)23(14-21)29(35,25-30-6-4-7-31-25)26-32-8-5-9-33-26/h4-9,13,18-20,24H,10-12,14-17,34-35H2,1-3H3. The summed E-state index contributed by atoms with van der Waals surface area (Å²) in [5.74, 6) is 4.89. The van der Waals surface area contributed by atoms with Crippen molar-refractivity contribution in [3.63, 3.8) is 0 Å². The van der Waals surface area contributed by atoms with Crippen molar-refractivity contribution in [1.29, 1.82) is 0 Å². The summed E-state index contributed by atoms with van der Waals surface area (Å²) in [6.07, 6.45) is 19.1. The van der Waals surface area contributed by atoms with Crippen molar-refractivity contribution in [1.82, 2.24) is 19.9 Å². The molecule has 5 unspecified atom stereocenters. The molecule has 5 atom stereocenters. The van der Waals surface area contributed by atoms with Gasteiger partial charge in [-0.15, -0.1) is 18.5 Å². The third kappa shape index (κ3) is 3.69. The van der Waals surface area contributed by atoms with E-state index < -0.39 is 5.16 Å². The molecule has 7 rings (SSSR count). The maximum Gasteiger partial charge on any atom is 0.149 e. The summed E-state index contributed by atoms with van der Waals surface area (Å²) in [5, 5.41) is -0.643. The Kier molecular flexibility index (Phi) is 5.82. The van der Waals surface area contributed by atoms with Crippen LogP contribution in [0.15, 0.2) is 59.7 Å². The van der Waals surface area contributed by atoms with Gasteiger partial charge in [-0.2, -0.15) is 0 Å². The van der Waals surface area contributed by atoms with Crippen molar-refractivity contribution in [2.24, 2.45) is 34.5 Å². The first-order chi connectivity index (χ1) is 16.8. The molecule has 0 spiro atoms. The fourth-order valence-corrected chi connectivity index (χ4v) is 9.63. The van der Waals surface area contributed by atoms with E-state index >= 15 is 0 Å². The highest BCUT2D eigenvalue weighted by atomic mass is 31.0. The van der Waals surface area contributed by atoms with Gasteiger partial charge in [0.1, 0.15) is 16.8 Å². The average Bonchev–Trinajstić information content (AvgIpc) is 3.32. The van der Waals surface area contributed by atoms with Crippen LogP contribution in [0.5, 0.6) is 0 Å². The molecule has 6 heteroatoms. The summed E-state index contributed by atoms with van der Waals surface area (Å²) < 4.78 is 0. The van der Waals surface area contributed by atoms with Crippen LogP contribution in [0.3, 0.4) is 0 Å². The van der Waals surface area contributed by atoms with Gasteiger partial charge in [-0.25, -0.2) is 19.9 Å². The molecular weight excluding hydrogens is 466 g/mol. The van der Waals surface area contributed by atoms with E-state index in [0.29, 0.717) is 0 Å². The summed E-state index contributed by atoms with van der Waals surface area (Å²) in [6.45, 7) is 7.07. The molecule has 4 nitrogen and oxygen atoms in total. The Bertz CT molecular complexity index is 1110. The molecule has 35 heavy (non-hydrogen) atoms. The Morgan fingerprint density at radius 3 is 1.91 bits per heavy atom. The minimum absolute atomic E-state index is 0.104. The van der Waals surface area contributed by atoms with E-state index in [4.69, 9.17) is 19.9 Å². The van der Waals surface area contributed by atoms with Crippen LogP contribution in [-0.2, 0) is 5.16 Å². The smallest absolute Gasteiger partial charge is 0.149 e. The zero-order valence-corrected chi connectivity index (χ0v) is 23.6. The van der Waals surface area contributed by atoms with Crippen LogP contribution in [0, 0.1) is 34.5 Å².